The average molecular weight is 533 g/mol. The van der Waals surface area contributed by atoms with Crippen molar-refractivity contribution in [3.63, 3.8) is 0 Å². The Kier molecular flexibility index (Phi) is 15.2. The van der Waals surface area contributed by atoms with E-state index in [1.54, 1.807) is 0 Å². The van der Waals surface area contributed by atoms with Crippen LogP contribution in [0.4, 0.5) is 0 Å². The highest BCUT2D eigenvalue weighted by Gasteiger charge is 2.17. The summed E-state index contributed by atoms with van der Waals surface area (Å²) in [6.45, 7) is 13.4. The topological polar surface area (TPSA) is 58.1 Å². The van der Waals surface area contributed by atoms with E-state index in [0.717, 1.165) is 77.8 Å². The van der Waals surface area contributed by atoms with E-state index in [1.807, 2.05) is 0 Å². The fraction of sp³-hybridized carbons (Fsp3) is 0.696. The Morgan fingerprint density at radius 1 is 1.13 bits per heavy atom. The predicted molar refractivity (Wildman–Crippen MR) is 136 cm³/mol. The molecule has 0 bridgehead atoms. The van der Waals surface area contributed by atoms with Gasteiger partial charge in [0.25, 0.3) is 0 Å². The van der Waals surface area contributed by atoms with Crippen molar-refractivity contribution in [2.75, 3.05) is 52.5 Å². The number of rotatable bonds is 12. The first-order valence-corrected chi connectivity index (χ1v) is 11.3. The third-order valence-corrected chi connectivity index (χ3v) is 5.34. The highest BCUT2D eigenvalue weighted by molar-refractivity contribution is 14.0. The normalized spacial score (nSPS) is 16.2. The Bertz CT molecular complexity index is 564. The minimum Gasteiger partial charge on any atom is -0.381 e. The van der Waals surface area contributed by atoms with Crippen LogP contribution in [0.3, 0.4) is 0 Å². The Labute approximate surface area is 200 Å². The first-order valence-electron chi connectivity index (χ1n) is 11.3. The first kappa shape index (κ1) is 27.1. The van der Waals surface area contributed by atoms with Crippen LogP contribution < -0.4 is 10.6 Å². The van der Waals surface area contributed by atoms with Crippen molar-refractivity contribution < 1.29 is 9.47 Å². The lowest BCUT2D eigenvalue weighted by Gasteiger charge is -2.29. The number of ether oxygens (including phenoxy) is 2. The van der Waals surface area contributed by atoms with Crippen molar-refractivity contribution in [1.29, 1.82) is 0 Å². The molecule has 1 unspecified atom stereocenters. The summed E-state index contributed by atoms with van der Waals surface area (Å²) in [6, 6.07) is 11.0. The standard InChI is InChI=1S/C23H40N4O2.HI/c1-4-24-23(25-15-10-16-29-21-13-17-28-18-14-21)26-19-22(27(5-2)6-3)20-11-8-7-9-12-20;/h7-9,11-12,21-22H,4-6,10,13-19H2,1-3H3,(H2,24,25,26);1H. The Hall–Kier alpha value is -0.900. The second-order valence-electron chi connectivity index (χ2n) is 7.33. The number of nitrogens with zero attached hydrogens (tertiary/aromatic N) is 2. The van der Waals surface area contributed by atoms with Gasteiger partial charge in [-0.05, 0) is 44.8 Å². The molecule has 0 saturated carbocycles. The zero-order chi connectivity index (χ0) is 20.7. The Balaban J connectivity index is 0.00000450. The summed E-state index contributed by atoms with van der Waals surface area (Å²) in [7, 11) is 0. The first-order chi connectivity index (χ1) is 14.3. The summed E-state index contributed by atoms with van der Waals surface area (Å²) in [6.07, 6.45) is 3.37. The zero-order valence-corrected chi connectivity index (χ0v) is 21.3. The Morgan fingerprint density at radius 3 is 2.47 bits per heavy atom. The number of hydrogen-bond donors (Lipinski definition) is 2. The molecule has 0 radical (unpaired) electrons. The minimum atomic E-state index is 0. The van der Waals surface area contributed by atoms with Crippen LogP contribution in [0.2, 0.25) is 0 Å². The van der Waals surface area contributed by atoms with Gasteiger partial charge in [0.05, 0.1) is 18.7 Å². The summed E-state index contributed by atoms with van der Waals surface area (Å²) in [4.78, 5) is 7.35. The third-order valence-electron chi connectivity index (χ3n) is 5.34. The molecule has 2 rings (SSSR count). The smallest absolute Gasteiger partial charge is 0.191 e. The van der Waals surface area contributed by atoms with E-state index in [1.165, 1.54) is 5.56 Å². The lowest BCUT2D eigenvalue weighted by Crippen LogP contribution is -2.39. The monoisotopic (exact) mass is 532 g/mol. The minimum absolute atomic E-state index is 0. The van der Waals surface area contributed by atoms with Gasteiger partial charge < -0.3 is 20.1 Å². The van der Waals surface area contributed by atoms with Gasteiger partial charge in [0, 0.05) is 32.9 Å². The fourth-order valence-electron chi connectivity index (χ4n) is 3.66. The molecular weight excluding hydrogens is 491 g/mol. The van der Waals surface area contributed by atoms with Crippen molar-refractivity contribution >= 4 is 29.9 Å². The van der Waals surface area contributed by atoms with E-state index < -0.39 is 0 Å². The molecule has 1 heterocycles. The van der Waals surface area contributed by atoms with Gasteiger partial charge in [-0.25, -0.2) is 0 Å². The number of halogens is 1. The highest BCUT2D eigenvalue weighted by Crippen LogP contribution is 2.20. The van der Waals surface area contributed by atoms with Gasteiger partial charge in [-0.2, -0.15) is 0 Å². The highest BCUT2D eigenvalue weighted by atomic mass is 127. The number of guanidine groups is 1. The van der Waals surface area contributed by atoms with E-state index >= 15 is 0 Å². The van der Waals surface area contributed by atoms with Crippen LogP contribution in [0, 0.1) is 0 Å². The zero-order valence-electron chi connectivity index (χ0n) is 18.9. The maximum absolute atomic E-state index is 5.95. The van der Waals surface area contributed by atoms with Gasteiger partial charge in [-0.3, -0.25) is 9.89 Å². The summed E-state index contributed by atoms with van der Waals surface area (Å²) >= 11 is 0. The van der Waals surface area contributed by atoms with Gasteiger partial charge in [0.2, 0.25) is 0 Å². The fourth-order valence-corrected chi connectivity index (χ4v) is 3.66. The van der Waals surface area contributed by atoms with E-state index in [2.05, 4.69) is 66.6 Å². The van der Waals surface area contributed by atoms with Gasteiger partial charge >= 0.3 is 0 Å². The van der Waals surface area contributed by atoms with Crippen molar-refractivity contribution in [2.45, 2.75) is 52.2 Å². The van der Waals surface area contributed by atoms with Crippen molar-refractivity contribution in [3.05, 3.63) is 35.9 Å². The lowest BCUT2D eigenvalue weighted by molar-refractivity contribution is -0.0320. The second kappa shape index (κ2) is 16.8. The summed E-state index contributed by atoms with van der Waals surface area (Å²) in [5, 5.41) is 6.82. The number of likely N-dealkylation sites (N-methyl/N-ethyl adjacent to an activating group) is 1. The van der Waals surface area contributed by atoms with Crippen LogP contribution in [0.1, 0.15) is 51.6 Å². The molecule has 172 valence electrons. The molecule has 1 aliphatic heterocycles. The molecular formula is C23H41IN4O2. The van der Waals surface area contributed by atoms with Crippen LogP contribution in [-0.2, 0) is 9.47 Å². The van der Waals surface area contributed by atoms with Crippen LogP contribution in [-0.4, -0.2) is 69.5 Å². The molecule has 0 spiro atoms. The largest absolute Gasteiger partial charge is 0.381 e. The van der Waals surface area contributed by atoms with Crippen LogP contribution in [0.5, 0.6) is 0 Å². The maximum atomic E-state index is 5.95. The second-order valence-corrected chi connectivity index (χ2v) is 7.33. The molecule has 1 saturated heterocycles. The molecule has 6 nitrogen and oxygen atoms in total. The number of aliphatic imine (C=N–C) groups is 1. The van der Waals surface area contributed by atoms with Crippen molar-refractivity contribution in [2.24, 2.45) is 4.99 Å². The molecule has 30 heavy (non-hydrogen) atoms. The van der Waals surface area contributed by atoms with E-state index in [-0.39, 0.29) is 24.0 Å². The number of nitrogens with one attached hydrogen (secondary N) is 2. The quantitative estimate of drug-likeness (QED) is 0.186. The van der Waals surface area contributed by atoms with Crippen LogP contribution >= 0.6 is 24.0 Å². The molecule has 0 aliphatic carbocycles. The molecule has 1 fully saturated rings. The van der Waals surface area contributed by atoms with Crippen molar-refractivity contribution in [1.82, 2.24) is 15.5 Å². The molecule has 0 amide bonds. The number of benzene rings is 1. The Morgan fingerprint density at radius 2 is 1.83 bits per heavy atom. The predicted octanol–water partition coefficient (Wildman–Crippen LogP) is 3.83. The van der Waals surface area contributed by atoms with E-state index in [4.69, 9.17) is 14.5 Å². The van der Waals surface area contributed by atoms with Crippen LogP contribution in [0.15, 0.2) is 35.3 Å². The van der Waals surface area contributed by atoms with Crippen molar-refractivity contribution in [3.8, 4) is 0 Å². The van der Waals surface area contributed by atoms with E-state index in [0.29, 0.717) is 12.1 Å². The molecule has 1 atom stereocenters. The molecule has 0 aromatic heterocycles. The maximum Gasteiger partial charge on any atom is 0.191 e. The summed E-state index contributed by atoms with van der Waals surface area (Å²) < 4.78 is 11.3. The van der Waals surface area contributed by atoms with Gasteiger partial charge in [-0.15, -0.1) is 24.0 Å². The SMILES string of the molecule is CCNC(=NCC(c1ccccc1)N(CC)CC)NCCCOC1CCOCC1.I. The molecule has 1 aromatic carbocycles. The van der Waals surface area contributed by atoms with Crippen LogP contribution in [0.25, 0.3) is 0 Å². The third kappa shape index (κ3) is 9.94. The molecule has 7 heteroatoms. The molecule has 2 N–H and O–H groups in total. The summed E-state index contributed by atoms with van der Waals surface area (Å²) in [5.41, 5.74) is 1.32. The molecule has 1 aliphatic rings. The summed E-state index contributed by atoms with van der Waals surface area (Å²) in [5.74, 6) is 0.881. The average Bonchev–Trinajstić information content (AvgIpc) is 2.77. The molecule has 1 aromatic rings. The van der Waals surface area contributed by atoms with E-state index in [9.17, 15) is 0 Å². The van der Waals surface area contributed by atoms with Gasteiger partial charge in [0.15, 0.2) is 5.96 Å². The van der Waals surface area contributed by atoms with Gasteiger partial charge in [0.1, 0.15) is 0 Å². The number of hydrogen-bond acceptors (Lipinski definition) is 4. The lowest BCUT2D eigenvalue weighted by atomic mass is 10.1. The van der Waals surface area contributed by atoms with Gasteiger partial charge in [-0.1, -0.05) is 44.2 Å².